The van der Waals surface area contributed by atoms with Gasteiger partial charge < -0.3 is 14.9 Å². The zero-order valence-corrected chi connectivity index (χ0v) is 9.07. The summed E-state index contributed by atoms with van der Waals surface area (Å²) < 4.78 is 0. The number of hydrogen-bond donors (Lipinski definition) is 1. The molecule has 1 aliphatic heterocycles. The fourth-order valence-electron chi connectivity index (χ4n) is 1.82. The molecule has 14 heavy (non-hydrogen) atoms. The van der Waals surface area contributed by atoms with Gasteiger partial charge in [-0.1, -0.05) is 0 Å². The molecule has 0 radical (unpaired) electrons. The quantitative estimate of drug-likeness (QED) is 0.747. The van der Waals surface area contributed by atoms with E-state index in [1.807, 2.05) is 0 Å². The van der Waals surface area contributed by atoms with Gasteiger partial charge in [-0.05, 0) is 45.3 Å². The van der Waals surface area contributed by atoms with E-state index in [1.54, 1.807) is 7.05 Å². The van der Waals surface area contributed by atoms with Crippen LogP contribution in [0.15, 0.2) is 0 Å². The van der Waals surface area contributed by atoms with E-state index in [9.17, 15) is 4.79 Å². The fraction of sp³-hybridized carbons (Fsp3) is 0.900. The molecule has 0 aromatic carbocycles. The van der Waals surface area contributed by atoms with Crippen molar-refractivity contribution in [3.63, 3.8) is 0 Å². The molecule has 0 bridgehead atoms. The number of hydrogen-bond acceptors (Lipinski definition) is 2. The SMILES string of the molecule is CN1CCC(CCN(C)C(=O)O)CC1. The summed E-state index contributed by atoms with van der Waals surface area (Å²) in [6.45, 7) is 2.98. The fourth-order valence-corrected chi connectivity index (χ4v) is 1.82. The van der Waals surface area contributed by atoms with Gasteiger partial charge in [-0.25, -0.2) is 4.79 Å². The number of carboxylic acid groups (broad SMARTS) is 1. The minimum absolute atomic E-state index is 0.670. The molecule has 0 aromatic heterocycles. The van der Waals surface area contributed by atoms with Gasteiger partial charge in [0.1, 0.15) is 0 Å². The normalized spacial score (nSPS) is 19.6. The second-order valence-corrected chi connectivity index (χ2v) is 4.24. The summed E-state index contributed by atoms with van der Waals surface area (Å²) in [4.78, 5) is 14.2. The number of likely N-dealkylation sites (tertiary alicyclic amines) is 1. The average molecular weight is 200 g/mol. The second-order valence-electron chi connectivity index (χ2n) is 4.24. The number of rotatable bonds is 3. The molecule has 1 heterocycles. The van der Waals surface area contributed by atoms with Crippen LogP contribution in [0.1, 0.15) is 19.3 Å². The molecule has 1 rings (SSSR count). The third kappa shape index (κ3) is 3.54. The Balaban J connectivity index is 2.16. The lowest BCUT2D eigenvalue weighted by Crippen LogP contribution is -2.33. The Bertz CT molecular complexity index is 189. The van der Waals surface area contributed by atoms with Crippen LogP contribution in [0.3, 0.4) is 0 Å². The minimum Gasteiger partial charge on any atom is -0.465 e. The average Bonchev–Trinajstić information content (AvgIpc) is 2.16. The third-order valence-corrected chi connectivity index (χ3v) is 3.04. The van der Waals surface area contributed by atoms with Gasteiger partial charge in [0.15, 0.2) is 0 Å². The summed E-state index contributed by atoms with van der Waals surface area (Å²) in [7, 11) is 3.77. The molecule has 1 amide bonds. The van der Waals surface area contributed by atoms with Crippen molar-refractivity contribution in [3.8, 4) is 0 Å². The van der Waals surface area contributed by atoms with Gasteiger partial charge in [-0.2, -0.15) is 0 Å². The minimum atomic E-state index is -0.821. The van der Waals surface area contributed by atoms with E-state index in [4.69, 9.17) is 5.11 Å². The van der Waals surface area contributed by atoms with Crippen molar-refractivity contribution in [2.75, 3.05) is 33.7 Å². The Hall–Kier alpha value is -0.770. The van der Waals surface area contributed by atoms with Crippen molar-refractivity contribution in [2.45, 2.75) is 19.3 Å². The molecule has 82 valence electrons. The molecule has 4 nitrogen and oxygen atoms in total. The van der Waals surface area contributed by atoms with E-state index in [2.05, 4.69) is 11.9 Å². The van der Waals surface area contributed by atoms with Crippen LogP contribution in [0.2, 0.25) is 0 Å². The summed E-state index contributed by atoms with van der Waals surface area (Å²) in [6.07, 6.45) is 2.61. The number of nitrogens with zero attached hydrogens (tertiary/aromatic N) is 2. The maximum atomic E-state index is 10.5. The van der Waals surface area contributed by atoms with Crippen LogP contribution < -0.4 is 0 Å². The van der Waals surface area contributed by atoms with Crippen molar-refractivity contribution in [1.29, 1.82) is 0 Å². The van der Waals surface area contributed by atoms with E-state index in [1.165, 1.54) is 17.7 Å². The van der Waals surface area contributed by atoms with Gasteiger partial charge in [-0.15, -0.1) is 0 Å². The topological polar surface area (TPSA) is 43.8 Å². The standard InChI is InChI=1S/C10H20N2O2/c1-11-6-3-9(4-7-11)5-8-12(2)10(13)14/h9H,3-8H2,1-2H3,(H,13,14). The summed E-state index contributed by atoms with van der Waals surface area (Å²) in [5.41, 5.74) is 0. The van der Waals surface area contributed by atoms with Gasteiger partial charge in [0.05, 0.1) is 0 Å². The summed E-state index contributed by atoms with van der Waals surface area (Å²) >= 11 is 0. The Morgan fingerprint density at radius 1 is 1.50 bits per heavy atom. The Morgan fingerprint density at radius 2 is 2.07 bits per heavy atom. The molecule has 0 aliphatic carbocycles. The molecule has 1 saturated heterocycles. The molecule has 4 heteroatoms. The Kier molecular flexibility index (Phi) is 4.20. The highest BCUT2D eigenvalue weighted by Crippen LogP contribution is 2.19. The van der Waals surface area contributed by atoms with Crippen LogP contribution in [0.4, 0.5) is 4.79 Å². The van der Waals surface area contributed by atoms with Crippen molar-refractivity contribution < 1.29 is 9.90 Å². The second kappa shape index (κ2) is 5.20. The molecular weight excluding hydrogens is 180 g/mol. The van der Waals surface area contributed by atoms with Gasteiger partial charge in [0, 0.05) is 13.6 Å². The van der Waals surface area contributed by atoms with Gasteiger partial charge in [-0.3, -0.25) is 0 Å². The molecule has 1 aliphatic rings. The lowest BCUT2D eigenvalue weighted by molar-refractivity contribution is 0.147. The van der Waals surface area contributed by atoms with E-state index in [0.29, 0.717) is 12.5 Å². The Labute approximate surface area is 85.5 Å². The highest BCUT2D eigenvalue weighted by atomic mass is 16.4. The molecule has 1 N–H and O–H groups in total. The molecule has 0 atom stereocenters. The smallest absolute Gasteiger partial charge is 0.407 e. The predicted octanol–water partition coefficient (Wildman–Crippen LogP) is 1.33. The molecule has 0 unspecified atom stereocenters. The first kappa shape index (κ1) is 11.3. The Morgan fingerprint density at radius 3 is 2.57 bits per heavy atom. The van der Waals surface area contributed by atoms with Crippen LogP contribution in [0, 0.1) is 5.92 Å². The molecule has 0 spiro atoms. The largest absolute Gasteiger partial charge is 0.465 e. The zero-order valence-electron chi connectivity index (χ0n) is 9.07. The molecule has 0 aromatic rings. The van der Waals surface area contributed by atoms with Crippen LogP contribution in [0.25, 0.3) is 0 Å². The molecular formula is C10H20N2O2. The first-order valence-corrected chi connectivity index (χ1v) is 5.22. The van der Waals surface area contributed by atoms with Crippen molar-refractivity contribution in [2.24, 2.45) is 5.92 Å². The van der Waals surface area contributed by atoms with E-state index < -0.39 is 6.09 Å². The first-order valence-electron chi connectivity index (χ1n) is 5.22. The molecule has 0 saturated carbocycles. The van der Waals surface area contributed by atoms with Crippen LogP contribution in [-0.4, -0.2) is 54.7 Å². The summed E-state index contributed by atoms with van der Waals surface area (Å²) in [6, 6.07) is 0. The highest BCUT2D eigenvalue weighted by molar-refractivity contribution is 5.64. The lowest BCUT2D eigenvalue weighted by Gasteiger charge is -2.29. The van der Waals surface area contributed by atoms with Gasteiger partial charge in [0.25, 0.3) is 0 Å². The summed E-state index contributed by atoms with van der Waals surface area (Å²) in [5, 5.41) is 8.67. The van der Waals surface area contributed by atoms with Crippen LogP contribution in [-0.2, 0) is 0 Å². The number of amides is 1. The highest BCUT2D eigenvalue weighted by Gasteiger charge is 2.17. The van der Waals surface area contributed by atoms with Gasteiger partial charge in [0.2, 0.25) is 0 Å². The van der Waals surface area contributed by atoms with Crippen LogP contribution in [0.5, 0.6) is 0 Å². The van der Waals surface area contributed by atoms with E-state index in [0.717, 1.165) is 19.5 Å². The zero-order chi connectivity index (χ0) is 10.6. The van der Waals surface area contributed by atoms with Crippen molar-refractivity contribution in [1.82, 2.24) is 9.80 Å². The first-order chi connectivity index (χ1) is 6.59. The monoisotopic (exact) mass is 200 g/mol. The van der Waals surface area contributed by atoms with E-state index >= 15 is 0 Å². The summed E-state index contributed by atoms with van der Waals surface area (Å²) in [5.74, 6) is 0.716. The number of piperidine rings is 1. The van der Waals surface area contributed by atoms with Crippen LogP contribution >= 0.6 is 0 Å². The maximum absolute atomic E-state index is 10.5. The lowest BCUT2D eigenvalue weighted by atomic mass is 9.94. The predicted molar refractivity (Wildman–Crippen MR) is 55.5 cm³/mol. The third-order valence-electron chi connectivity index (χ3n) is 3.04. The number of carbonyl (C=O) groups is 1. The van der Waals surface area contributed by atoms with Crippen molar-refractivity contribution >= 4 is 6.09 Å². The van der Waals surface area contributed by atoms with Crippen molar-refractivity contribution in [3.05, 3.63) is 0 Å². The maximum Gasteiger partial charge on any atom is 0.407 e. The van der Waals surface area contributed by atoms with E-state index in [-0.39, 0.29) is 0 Å². The van der Waals surface area contributed by atoms with Gasteiger partial charge >= 0.3 is 6.09 Å². The molecule has 1 fully saturated rings.